The van der Waals surface area contributed by atoms with Crippen LogP contribution < -0.4 is 14.8 Å². The van der Waals surface area contributed by atoms with Crippen LogP contribution in [0.15, 0.2) is 30.3 Å². The fraction of sp³-hybridized carbons (Fsp3) is 0.211. The minimum atomic E-state index is 0.541. The molecule has 3 aromatic rings. The van der Waals surface area contributed by atoms with E-state index >= 15 is 0 Å². The summed E-state index contributed by atoms with van der Waals surface area (Å²) >= 11 is 12.3. The van der Waals surface area contributed by atoms with Crippen molar-refractivity contribution >= 4 is 29.0 Å². The molecule has 0 amide bonds. The summed E-state index contributed by atoms with van der Waals surface area (Å²) in [6.45, 7) is 0.541. The Morgan fingerprint density at radius 2 is 1.92 bits per heavy atom. The molecule has 2 aromatic carbocycles. The smallest absolute Gasteiger partial charge is 0.161 e. The van der Waals surface area contributed by atoms with Crippen molar-refractivity contribution in [3.05, 3.63) is 57.1 Å². The van der Waals surface area contributed by atoms with E-state index in [1.165, 1.54) is 5.56 Å². The summed E-state index contributed by atoms with van der Waals surface area (Å²) in [5, 5.41) is 12.0. The van der Waals surface area contributed by atoms with Crippen molar-refractivity contribution in [1.29, 1.82) is 0 Å². The molecule has 0 spiro atoms. The predicted octanol–water partition coefficient (Wildman–Crippen LogP) is 4.92. The maximum atomic E-state index is 6.26. The Morgan fingerprint density at radius 3 is 2.69 bits per heavy atom. The van der Waals surface area contributed by atoms with E-state index < -0.39 is 0 Å². The van der Waals surface area contributed by atoms with Crippen LogP contribution in [0.4, 0.5) is 5.82 Å². The molecule has 2 N–H and O–H groups in total. The van der Waals surface area contributed by atoms with E-state index in [2.05, 4.69) is 15.5 Å². The topological polar surface area (TPSA) is 59.2 Å². The van der Waals surface area contributed by atoms with Gasteiger partial charge >= 0.3 is 0 Å². The van der Waals surface area contributed by atoms with Gasteiger partial charge in [0.05, 0.1) is 30.0 Å². The van der Waals surface area contributed by atoms with Crippen LogP contribution in [-0.4, -0.2) is 24.4 Å². The van der Waals surface area contributed by atoms with E-state index in [1.54, 1.807) is 20.3 Å². The molecule has 26 heavy (non-hydrogen) atoms. The number of aromatic nitrogens is 2. The van der Waals surface area contributed by atoms with Gasteiger partial charge in [0.25, 0.3) is 0 Å². The Labute approximate surface area is 161 Å². The second-order valence-corrected chi connectivity index (χ2v) is 6.82. The van der Waals surface area contributed by atoms with Crippen molar-refractivity contribution < 1.29 is 9.47 Å². The Bertz CT molecular complexity index is 985. The maximum Gasteiger partial charge on any atom is 0.161 e. The van der Waals surface area contributed by atoms with E-state index in [1.807, 2.05) is 24.3 Å². The lowest BCUT2D eigenvalue weighted by Crippen LogP contribution is -2.02. The van der Waals surface area contributed by atoms with Crippen LogP contribution in [-0.2, 0) is 13.0 Å². The summed E-state index contributed by atoms with van der Waals surface area (Å²) in [5.41, 5.74) is 5.30. The van der Waals surface area contributed by atoms with Crippen LogP contribution in [0.5, 0.6) is 11.5 Å². The second-order valence-electron chi connectivity index (χ2n) is 6.03. The summed E-state index contributed by atoms with van der Waals surface area (Å²) < 4.78 is 10.8. The van der Waals surface area contributed by atoms with Crippen LogP contribution in [0.2, 0.25) is 10.0 Å². The van der Waals surface area contributed by atoms with Gasteiger partial charge < -0.3 is 14.8 Å². The Morgan fingerprint density at radius 1 is 1.15 bits per heavy atom. The summed E-state index contributed by atoms with van der Waals surface area (Å²) in [6.07, 6.45) is 0.771. The fourth-order valence-corrected chi connectivity index (χ4v) is 3.65. The number of halogens is 2. The molecule has 0 fully saturated rings. The average molecular weight is 390 g/mol. The van der Waals surface area contributed by atoms with Crippen LogP contribution in [0, 0.1) is 0 Å². The van der Waals surface area contributed by atoms with Crippen molar-refractivity contribution in [2.24, 2.45) is 0 Å². The third-order valence-corrected chi connectivity index (χ3v) is 5.45. The first-order valence-corrected chi connectivity index (χ1v) is 8.87. The van der Waals surface area contributed by atoms with Crippen molar-refractivity contribution in [3.63, 3.8) is 0 Å². The van der Waals surface area contributed by atoms with Crippen molar-refractivity contribution in [3.8, 4) is 22.8 Å². The minimum absolute atomic E-state index is 0.541. The molecule has 0 saturated heterocycles. The normalized spacial score (nSPS) is 11.8. The largest absolute Gasteiger partial charge is 0.493 e. The zero-order valence-corrected chi connectivity index (χ0v) is 15.8. The van der Waals surface area contributed by atoms with Gasteiger partial charge in [-0.05, 0) is 29.3 Å². The van der Waals surface area contributed by atoms with E-state index in [4.69, 9.17) is 32.7 Å². The molecule has 134 valence electrons. The van der Waals surface area contributed by atoms with Gasteiger partial charge in [0.1, 0.15) is 0 Å². The summed E-state index contributed by atoms with van der Waals surface area (Å²) in [5.74, 6) is 2.24. The molecule has 1 aliphatic rings. The number of H-pyrrole nitrogens is 1. The molecule has 7 heteroatoms. The quantitative estimate of drug-likeness (QED) is 0.508. The lowest BCUT2D eigenvalue weighted by Gasteiger charge is -2.10. The highest BCUT2D eigenvalue weighted by atomic mass is 35.5. The van der Waals surface area contributed by atoms with Crippen LogP contribution in [0.25, 0.3) is 11.3 Å². The van der Waals surface area contributed by atoms with Crippen LogP contribution in [0.1, 0.15) is 16.7 Å². The van der Waals surface area contributed by atoms with E-state index in [9.17, 15) is 0 Å². The molecule has 0 unspecified atom stereocenters. The van der Waals surface area contributed by atoms with Gasteiger partial charge in [0.2, 0.25) is 0 Å². The molecule has 0 bridgehead atoms. The van der Waals surface area contributed by atoms with Crippen molar-refractivity contribution in [2.45, 2.75) is 13.0 Å². The predicted molar refractivity (Wildman–Crippen MR) is 104 cm³/mol. The zero-order valence-electron chi connectivity index (χ0n) is 14.3. The van der Waals surface area contributed by atoms with Gasteiger partial charge in [-0.25, -0.2) is 0 Å². The van der Waals surface area contributed by atoms with E-state index in [0.717, 1.165) is 40.4 Å². The first kappa shape index (κ1) is 17.1. The third kappa shape index (κ3) is 2.77. The van der Waals surface area contributed by atoms with Crippen LogP contribution in [0.3, 0.4) is 0 Å². The number of methoxy groups -OCH3 is 2. The zero-order chi connectivity index (χ0) is 18.3. The highest BCUT2D eigenvalue weighted by Crippen LogP contribution is 2.44. The Balaban J connectivity index is 1.61. The first-order chi connectivity index (χ1) is 12.6. The van der Waals surface area contributed by atoms with Gasteiger partial charge in [-0.1, -0.05) is 35.3 Å². The van der Waals surface area contributed by atoms with Gasteiger partial charge in [-0.2, -0.15) is 5.10 Å². The molecule has 1 heterocycles. The molecule has 5 nitrogen and oxygen atoms in total. The Hall–Kier alpha value is -2.37. The molecule has 1 aromatic heterocycles. The second kappa shape index (κ2) is 6.74. The van der Waals surface area contributed by atoms with Gasteiger partial charge in [-0.3, -0.25) is 5.10 Å². The number of rotatable bonds is 5. The molecule has 0 saturated carbocycles. The lowest BCUT2D eigenvalue weighted by atomic mass is 10.1. The molecule has 0 aliphatic heterocycles. The molecular formula is C19H17Cl2N3O2. The number of fused-ring (bicyclic) bond motifs is 3. The first-order valence-electron chi connectivity index (χ1n) is 8.11. The highest BCUT2D eigenvalue weighted by molar-refractivity contribution is 6.42. The summed E-state index contributed by atoms with van der Waals surface area (Å²) in [4.78, 5) is 0. The summed E-state index contributed by atoms with van der Waals surface area (Å²) in [6, 6.07) is 9.60. The molecule has 0 radical (unpaired) electrons. The minimum Gasteiger partial charge on any atom is -0.493 e. The number of hydrogen-bond donors (Lipinski definition) is 2. The fourth-order valence-electron chi connectivity index (χ4n) is 3.26. The van der Waals surface area contributed by atoms with Crippen molar-refractivity contribution in [2.75, 3.05) is 19.5 Å². The van der Waals surface area contributed by atoms with Gasteiger partial charge in [0, 0.05) is 24.1 Å². The molecule has 4 rings (SSSR count). The standard InChI is InChI=1S/C19H17Cl2N3O2/c1-25-15-7-11-6-13-18(12(11)8-16(15)26-2)23-24-19(13)22-9-10-4-3-5-14(20)17(10)21/h3-5,7-8H,6,9H2,1-2H3,(H2,22,23,24). The molecule has 0 atom stereocenters. The Kier molecular flexibility index (Phi) is 4.42. The number of aromatic amines is 1. The molecular weight excluding hydrogens is 373 g/mol. The van der Waals surface area contributed by atoms with E-state index in [-0.39, 0.29) is 0 Å². The van der Waals surface area contributed by atoms with Gasteiger partial charge in [0.15, 0.2) is 17.3 Å². The monoisotopic (exact) mass is 389 g/mol. The van der Waals surface area contributed by atoms with Gasteiger partial charge in [-0.15, -0.1) is 0 Å². The number of ether oxygens (including phenoxy) is 2. The van der Waals surface area contributed by atoms with E-state index in [0.29, 0.717) is 22.3 Å². The highest BCUT2D eigenvalue weighted by Gasteiger charge is 2.26. The van der Waals surface area contributed by atoms with Crippen molar-refractivity contribution in [1.82, 2.24) is 10.2 Å². The number of hydrogen-bond acceptors (Lipinski definition) is 4. The number of benzene rings is 2. The third-order valence-electron chi connectivity index (χ3n) is 4.59. The number of nitrogens with one attached hydrogen (secondary N) is 2. The molecule has 1 aliphatic carbocycles. The number of nitrogens with zero attached hydrogens (tertiary/aromatic N) is 1. The average Bonchev–Trinajstić information content (AvgIpc) is 3.20. The van der Waals surface area contributed by atoms with Crippen LogP contribution >= 0.6 is 23.2 Å². The lowest BCUT2D eigenvalue weighted by molar-refractivity contribution is 0.355. The summed E-state index contributed by atoms with van der Waals surface area (Å²) in [7, 11) is 3.27. The maximum absolute atomic E-state index is 6.26. The number of anilines is 1. The SMILES string of the molecule is COc1cc2c(cc1OC)-c1[nH]nc(NCc3cccc(Cl)c3Cl)c1C2.